The third-order valence-electron chi connectivity index (χ3n) is 1.82. The van der Waals surface area contributed by atoms with Gasteiger partial charge in [-0.1, -0.05) is 12.1 Å². The normalized spacial score (nSPS) is 10.7. The lowest BCUT2D eigenvalue weighted by atomic mass is 10.1. The van der Waals surface area contributed by atoms with Gasteiger partial charge in [0.2, 0.25) is 0 Å². The Balaban J connectivity index is 2.83. The number of hydrogen-bond donors (Lipinski definition) is 1. The highest BCUT2D eigenvalue weighted by molar-refractivity contribution is 5.75. The molecule has 1 rings (SSSR count). The molecule has 5 heteroatoms. The van der Waals surface area contributed by atoms with E-state index < -0.39 is 18.3 Å². The zero-order valence-corrected chi connectivity index (χ0v) is 7.58. The van der Waals surface area contributed by atoms with E-state index in [4.69, 9.17) is 10.4 Å². The number of halogens is 2. The van der Waals surface area contributed by atoms with E-state index in [1.807, 2.05) is 6.07 Å². The highest BCUT2D eigenvalue weighted by Crippen LogP contribution is 2.20. The molecule has 78 valence electrons. The molecule has 0 aliphatic carbocycles. The van der Waals surface area contributed by atoms with Gasteiger partial charge in [0, 0.05) is 6.42 Å². The molecule has 1 aromatic carbocycles. The van der Waals surface area contributed by atoms with Crippen molar-refractivity contribution in [1.82, 2.24) is 0 Å². The van der Waals surface area contributed by atoms with Gasteiger partial charge in [-0.25, -0.2) is 4.79 Å². The number of benzene rings is 1. The standard InChI is InChI=1S/C10H7F2NO2/c11-10(12,9(14)15)5-7-1-3-8(6-13)4-2-7/h1-4H,5H2,(H,14,15). The number of nitriles is 1. The van der Waals surface area contributed by atoms with Crippen LogP contribution in [-0.2, 0) is 11.2 Å². The van der Waals surface area contributed by atoms with E-state index in [0.717, 1.165) is 0 Å². The van der Waals surface area contributed by atoms with Crippen molar-refractivity contribution in [3.63, 3.8) is 0 Å². The lowest BCUT2D eigenvalue weighted by molar-refractivity contribution is -0.164. The zero-order valence-electron chi connectivity index (χ0n) is 7.58. The Morgan fingerprint density at radius 1 is 1.40 bits per heavy atom. The van der Waals surface area contributed by atoms with Crippen LogP contribution < -0.4 is 0 Å². The molecule has 3 nitrogen and oxygen atoms in total. The molecule has 0 bridgehead atoms. The molecule has 1 aromatic rings. The monoisotopic (exact) mass is 211 g/mol. The molecule has 0 aliphatic heterocycles. The summed E-state index contributed by atoms with van der Waals surface area (Å²) in [5.41, 5.74) is 0.527. The topological polar surface area (TPSA) is 61.1 Å². The molecule has 1 N–H and O–H groups in total. The van der Waals surface area contributed by atoms with Crippen LogP contribution in [0.4, 0.5) is 8.78 Å². The Kier molecular flexibility index (Phi) is 3.00. The lowest BCUT2D eigenvalue weighted by Gasteiger charge is -2.10. The number of alkyl halides is 2. The summed E-state index contributed by atoms with van der Waals surface area (Å²) >= 11 is 0. The Labute approximate surface area is 84.6 Å². The van der Waals surface area contributed by atoms with Crippen LogP contribution in [0, 0.1) is 11.3 Å². The predicted octanol–water partition coefficient (Wildman–Crippen LogP) is 1.82. The first-order valence-corrected chi connectivity index (χ1v) is 4.06. The van der Waals surface area contributed by atoms with Gasteiger partial charge >= 0.3 is 11.9 Å². The van der Waals surface area contributed by atoms with Gasteiger partial charge in [0.1, 0.15) is 0 Å². The number of aliphatic carboxylic acids is 1. The minimum atomic E-state index is -3.77. The molecule has 0 unspecified atom stereocenters. The molecule has 15 heavy (non-hydrogen) atoms. The lowest BCUT2D eigenvalue weighted by Crippen LogP contribution is -2.30. The third-order valence-corrected chi connectivity index (χ3v) is 1.82. The fourth-order valence-corrected chi connectivity index (χ4v) is 1.03. The first kappa shape index (κ1) is 11.1. The second-order valence-corrected chi connectivity index (χ2v) is 3.00. The number of carboxylic acids is 1. The van der Waals surface area contributed by atoms with Crippen LogP contribution in [0.15, 0.2) is 24.3 Å². The number of carboxylic acid groups (broad SMARTS) is 1. The van der Waals surface area contributed by atoms with Crippen molar-refractivity contribution >= 4 is 5.97 Å². The van der Waals surface area contributed by atoms with E-state index in [-0.39, 0.29) is 5.56 Å². The number of rotatable bonds is 3. The molecule has 0 atom stereocenters. The first-order chi connectivity index (χ1) is 6.95. The quantitative estimate of drug-likeness (QED) is 0.829. The molecule has 0 aromatic heterocycles. The molecule has 0 saturated heterocycles. The van der Waals surface area contributed by atoms with Crippen LogP contribution in [0.25, 0.3) is 0 Å². The van der Waals surface area contributed by atoms with Crippen molar-refractivity contribution in [2.45, 2.75) is 12.3 Å². The van der Waals surface area contributed by atoms with Crippen molar-refractivity contribution in [3.05, 3.63) is 35.4 Å². The van der Waals surface area contributed by atoms with E-state index in [2.05, 4.69) is 0 Å². The summed E-state index contributed by atoms with van der Waals surface area (Å²) in [6.07, 6.45) is -0.867. The molecule has 0 fully saturated rings. The minimum Gasteiger partial charge on any atom is -0.477 e. The second-order valence-electron chi connectivity index (χ2n) is 3.00. The zero-order chi connectivity index (χ0) is 11.5. The average molecular weight is 211 g/mol. The predicted molar refractivity (Wildman–Crippen MR) is 47.4 cm³/mol. The summed E-state index contributed by atoms with van der Waals surface area (Å²) in [5, 5.41) is 16.7. The van der Waals surface area contributed by atoms with Crippen LogP contribution in [0.5, 0.6) is 0 Å². The molecule has 0 heterocycles. The van der Waals surface area contributed by atoms with Crippen LogP contribution >= 0.6 is 0 Å². The molecule has 0 radical (unpaired) electrons. The summed E-state index contributed by atoms with van der Waals surface area (Å²) < 4.78 is 25.5. The SMILES string of the molecule is N#Cc1ccc(CC(F)(F)C(=O)O)cc1. The highest BCUT2D eigenvalue weighted by Gasteiger charge is 2.38. The van der Waals surface area contributed by atoms with Gasteiger partial charge in [-0.15, -0.1) is 0 Å². The molecule has 0 amide bonds. The van der Waals surface area contributed by atoms with Gasteiger partial charge in [-0.05, 0) is 17.7 Å². The average Bonchev–Trinajstić information content (AvgIpc) is 2.18. The van der Waals surface area contributed by atoms with Gasteiger partial charge in [0.15, 0.2) is 0 Å². The van der Waals surface area contributed by atoms with E-state index >= 15 is 0 Å². The summed E-state index contributed by atoms with van der Waals surface area (Å²) in [7, 11) is 0. The molecule has 0 aliphatic rings. The summed E-state index contributed by atoms with van der Waals surface area (Å²) in [4.78, 5) is 10.1. The van der Waals surface area contributed by atoms with E-state index in [1.165, 1.54) is 24.3 Å². The Morgan fingerprint density at radius 3 is 2.33 bits per heavy atom. The Morgan fingerprint density at radius 2 is 1.93 bits per heavy atom. The third kappa shape index (κ3) is 2.74. The van der Waals surface area contributed by atoms with Crippen LogP contribution in [0.1, 0.15) is 11.1 Å². The summed E-state index contributed by atoms with van der Waals surface area (Å²) in [6, 6.07) is 7.20. The van der Waals surface area contributed by atoms with Crippen molar-refractivity contribution in [3.8, 4) is 6.07 Å². The Bertz CT molecular complexity index is 406. The number of hydrogen-bond acceptors (Lipinski definition) is 2. The molecular weight excluding hydrogens is 204 g/mol. The first-order valence-electron chi connectivity index (χ1n) is 4.06. The summed E-state index contributed by atoms with van der Waals surface area (Å²) in [6.45, 7) is 0. The fourth-order valence-electron chi connectivity index (χ4n) is 1.03. The Hall–Kier alpha value is -1.96. The number of carbonyl (C=O) groups is 1. The van der Waals surface area contributed by atoms with Gasteiger partial charge in [-0.3, -0.25) is 0 Å². The maximum Gasteiger partial charge on any atom is 0.374 e. The molecular formula is C10H7F2NO2. The minimum absolute atomic E-state index is 0.182. The summed E-state index contributed by atoms with van der Waals surface area (Å²) in [5.74, 6) is -5.92. The highest BCUT2D eigenvalue weighted by atomic mass is 19.3. The van der Waals surface area contributed by atoms with Crippen LogP contribution in [0.3, 0.4) is 0 Å². The maximum atomic E-state index is 12.7. The van der Waals surface area contributed by atoms with Crippen molar-refractivity contribution in [2.75, 3.05) is 0 Å². The fraction of sp³-hybridized carbons (Fsp3) is 0.200. The number of nitrogens with zero attached hydrogens (tertiary/aromatic N) is 1. The van der Waals surface area contributed by atoms with Crippen molar-refractivity contribution in [1.29, 1.82) is 5.26 Å². The largest absolute Gasteiger partial charge is 0.477 e. The maximum absolute atomic E-state index is 12.7. The van der Waals surface area contributed by atoms with Crippen molar-refractivity contribution < 1.29 is 18.7 Å². The molecule has 0 spiro atoms. The second kappa shape index (κ2) is 4.05. The van der Waals surface area contributed by atoms with Gasteiger partial charge < -0.3 is 5.11 Å². The van der Waals surface area contributed by atoms with Gasteiger partial charge in [-0.2, -0.15) is 14.0 Å². The van der Waals surface area contributed by atoms with Gasteiger partial charge in [0.25, 0.3) is 0 Å². The van der Waals surface area contributed by atoms with Crippen LogP contribution in [0.2, 0.25) is 0 Å². The van der Waals surface area contributed by atoms with Crippen LogP contribution in [-0.4, -0.2) is 17.0 Å². The van der Waals surface area contributed by atoms with E-state index in [0.29, 0.717) is 5.56 Å². The van der Waals surface area contributed by atoms with Gasteiger partial charge in [0.05, 0.1) is 11.6 Å². The smallest absolute Gasteiger partial charge is 0.374 e. The van der Waals surface area contributed by atoms with E-state index in [1.54, 1.807) is 0 Å². The van der Waals surface area contributed by atoms with Crippen molar-refractivity contribution in [2.24, 2.45) is 0 Å². The van der Waals surface area contributed by atoms with E-state index in [9.17, 15) is 13.6 Å². The molecule has 0 saturated carbocycles.